The van der Waals surface area contributed by atoms with Crippen molar-refractivity contribution in [2.45, 2.75) is 26.8 Å². The lowest BCUT2D eigenvalue weighted by Crippen LogP contribution is -2.38. The van der Waals surface area contributed by atoms with Crippen molar-refractivity contribution in [3.8, 4) is 0 Å². The van der Waals surface area contributed by atoms with E-state index in [2.05, 4.69) is 10.3 Å². The van der Waals surface area contributed by atoms with Gasteiger partial charge in [0.25, 0.3) is 0 Å². The fourth-order valence-corrected chi connectivity index (χ4v) is 1.71. The molecule has 1 unspecified atom stereocenters. The molecule has 18 heavy (non-hydrogen) atoms. The van der Waals surface area contributed by atoms with Crippen LogP contribution in [0, 0.1) is 5.82 Å². The molecule has 0 saturated heterocycles. The Morgan fingerprint density at radius 3 is 2.67 bits per heavy atom. The lowest BCUT2D eigenvalue weighted by atomic mass is 10.1. The fraction of sp³-hybridized carbons (Fsp3) is 0.538. The van der Waals surface area contributed by atoms with E-state index in [1.165, 1.54) is 6.07 Å². The van der Waals surface area contributed by atoms with E-state index in [0.717, 1.165) is 11.8 Å². The molecular formula is C13H20FN3O. The van der Waals surface area contributed by atoms with Gasteiger partial charge in [-0.2, -0.15) is 0 Å². The topological polar surface area (TPSA) is 45.2 Å². The molecule has 1 rings (SSSR count). The highest BCUT2D eigenvalue weighted by Crippen LogP contribution is 2.11. The number of pyridine rings is 1. The van der Waals surface area contributed by atoms with Crippen molar-refractivity contribution in [1.82, 2.24) is 15.2 Å². The molecule has 100 valence electrons. The summed E-state index contributed by atoms with van der Waals surface area (Å²) < 4.78 is 13.0. The highest BCUT2D eigenvalue weighted by molar-refractivity contribution is 5.78. The van der Waals surface area contributed by atoms with Crippen molar-refractivity contribution >= 4 is 5.91 Å². The van der Waals surface area contributed by atoms with Gasteiger partial charge in [-0.15, -0.1) is 0 Å². The normalized spacial score (nSPS) is 12.2. The Hall–Kier alpha value is -1.49. The van der Waals surface area contributed by atoms with Crippen LogP contribution in [0.3, 0.4) is 0 Å². The van der Waals surface area contributed by atoms with Crippen molar-refractivity contribution in [2.24, 2.45) is 0 Å². The number of amides is 1. The molecule has 0 saturated carbocycles. The zero-order chi connectivity index (χ0) is 13.5. The SMILES string of the molecule is CCN(CC)C(=O)CNC(C)c1cncc(F)c1. The van der Waals surface area contributed by atoms with Crippen LogP contribution in [-0.4, -0.2) is 35.4 Å². The highest BCUT2D eigenvalue weighted by Gasteiger charge is 2.12. The molecule has 1 N–H and O–H groups in total. The molecule has 0 aromatic carbocycles. The number of halogens is 1. The molecule has 1 heterocycles. The number of carbonyl (C=O) groups is 1. The fourth-order valence-electron chi connectivity index (χ4n) is 1.71. The minimum Gasteiger partial charge on any atom is -0.342 e. The molecular weight excluding hydrogens is 233 g/mol. The summed E-state index contributed by atoms with van der Waals surface area (Å²) in [5.41, 5.74) is 0.738. The van der Waals surface area contributed by atoms with Crippen LogP contribution in [0.15, 0.2) is 18.5 Å². The van der Waals surface area contributed by atoms with Crippen LogP contribution in [0.4, 0.5) is 4.39 Å². The van der Waals surface area contributed by atoms with Crippen LogP contribution in [0.1, 0.15) is 32.4 Å². The van der Waals surface area contributed by atoms with E-state index in [0.29, 0.717) is 13.1 Å². The molecule has 5 heteroatoms. The second kappa shape index (κ2) is 7.06. The number of nitrogens with one attached hydrogen (secondary N) is 1. The van der Waals surface area contributed by atoms with Crippen molar-refractivity contribution in [3.05, 3.63) is 29.8 Å². The predicted octanol–water partition coefficient (Wildman–Crippen LogP) is 1.74. The van der Waals surface area contributed by atoms with Crippen LogP contribution >= 0.6 is 0 Å². The number of aromatic nitrogens is 1. The lowest BCUT2D eigenvalue weighted by molar-refractivity contribution is -0.129. The molecule has 1 amide bonds. The van der Waals surface area contributed by atoms with Gasteiger partial charge >= 0.3 is 0 Å². The number of hydrogen-bond acceptors (Lipinski definition) is 3. The highest BCUT2D eigenvalue weighted by atomic mass is 19.1. The van der Waals surface area contributed by atoms with E-state index >= 15 is 0 Å². The number of carbonyl (C=O) groups excluding carboxylic acids is 1. The van der Waals surface area contributed by atoms with Gasteiger partial charge in [0.15, 0.2) is 0 Å². The minimum absolute atomic E-state index is 0.0520. The third-order valence-corrected chi connectivity index (χ3v) is 2.90. The Morgan fingerprint density at radius 2 is 2.11 bits per heavy atom. The summed E-state index contributed by atoms with van der Waals surface area (Å²) in [4.78, 5) is 17.3. The van der Waals surface area contributed by atoms with Crippen molar-refractivity contribution < 1.29 is 9.18 Å². The van der Waals surface area contributed by atoms with E-state index in [4.69, 9.17) is 0 Å². The van der Waals surface area contributed by atoms with Crippen LogP contribution < -0.4 is 5.32 Å². The first-order valence-corrected chi connectivity index (χ1v) is 6.20. The largest absolute Gasteiger partial charge is 0.342 e. The van der Waals surface area contributed by atoms with Gasteiger partial charge in [0, 0.05) is 25.3 Å². The maximum atomic E-state index is 13.0. The molecule has 4 nitrogen and oxygen atoms in total. The average molecular weight is 253 g/mol. The molecule has 1 aromatic rings. The van der Waals surface area contributed by atoms with Gasteiger partial charge in [-0.3, -0.25) is 9.78 Å². The summed E-state index contributed by atoms with van der Waals surface area (Å²) in [5.74, 6) is -0.313. The van der Waals surface area contributed by atoms with Gasteiger partial charge in [0.05, 0.1) is 12.7 Å². The third-order valence-electron chi connectivity index (χ3n) is 2.90. The summed E-state index contributed by atoms with van der Waals surface area (Å²) in [5, 5.41) is 3.08. The first-order valence-electron chi connectivity index (χ1n) is 6.20. The first kappa shape index (κ1) is 14.6. The zero-order valence-electron chi connectivity index (χ0n) is 11.1. The van der Waals surface area contributed by atoms with E-state index < -0.39 is 0 Å². The predicted molar refractivity (Wildman–Crippen MR) is 68.5 cm³/mol. The first-order chi connectivity index (χ1) is 8.58. The number of likely N-dealkylation sites (N-methyl/N-ethyl adjacent to an activating group) is 1. The summed E-state index contributed by atoms with van der Waals surface area (Å²) in [6.45, 7) is 7.42. The van der Waals surface area contributed by atoms with Gasteiger partial charge in [-0.25, -0.2) is 4.39 Å². The zero-order valence-corrected chi connectivity index (χ0v) is 11.1. The summed E-state index contributed by atoms with van der Waals surface area (Å²) in [6, 6.07) is 1.32. The Balaban J connectivity index is 2.51. The summed E-state index contributed by atoms with van der Waals surface area (Å²) >= 11 is 0. The van der Waals surface area contributed by atoms with E-state index in [1.807, 2.05) is 20.8 Å². The number of hydrogen-bond donors (Lipinski definition) is 1. The average Bonchev–Trinajstić information content (AvgIpc) is 2.37. The molecule has 0 aliphatic carbocycles. The van der Waals surface area contributed by atoms with Crippen LogP contribution in [-0.2, 0) is 4.79 Å². The van der Waals surface area contributed by atoms with Crippen molar-refractivity contribution in [1.29, 1.82) is 0 Å². The van der Waals surface area contributed by atoms with Gasteiger partial charge in [0.2, 0.25) is 5.91 Å². The Bertz CT molecular complexity index is 394. The van der Waals surface area contributed by atoms with Gasteiger partial charge in [-0.05, 0) is 32.4 Å². The molecule has 0 bridgehead atoms. The molecule has 0 fully saturated rings. The standard InChI is InChI=1S/C13H20FN3O/c1-4-17(5-2)13(18)9-16-10(3)11-6-12(14)8-15-7-11/h6-8,10,16H,4-5,9H2,1-3H3. The Kier molecular flexibility index (Phi) is 5.71. The number of nitrogens with zero attached hydrogens (tertiary/aromatic N) is 2. The van der Waals surface area contributed by atoms with Gasteiger partial charge in [-0.1, -0.05) is 0 Å². The number of rotatable bonds is 6. The summed E-state index contributed by atoms with van der Waals surface area (Å²) in [7, 11) is 0. The molecule has 0 aliphatic heterocycles. The maximum absolute atomic E-state index is 13.0. The van der Waals surface area contributed by atoms with Crippen LogP contribution in [0.5, 0.6) is 0 Å². The van der Waals surface area contributed by atoms with Gasteiger partial charge < -0.3 is 10.2 Å². The Morgan fingerprint density at radius 1 is 1.44 bits per heavy atom. The van der Waals surface area contributed by atoms with Crippen molar-refractivity contribution in [2.75, 3.05) is 19.6 Å². The van der Waals surface area contributed by atoms with E-state index in [1.54, 1.807) is 11.1 Å². The monoisotopic (exact) mass is 253 g/mol. The Labute approximate surface area is 107 Å². The van der Waals surface area contributed by atoms with E-state index in [-0.39, 0.29) is 24.3 Å². The third kappa shape index (κ3) is 4.07. The van der Waals surface area contributed by atoms with Crippen LogP contribution in [0.2, 0.25) is 0 Å². The maximum Gasteiger partial charge on any atom is 0.236 e. The molecule has 1 aromatic heterocycles. The van der Waals surface area contributed by atoms with Crippen LogP contribution in [0.25, 0.3) is 0 Å². The second-order valence-corrected chi connectivity index (χ2v) is 4.11. The quantitative estimate of drug-likeness (QED) is 0.840. The molecule has 0 radical (unpaired) electrons. The molecule has 0 spiro atoms. The van der Waals surface area contributed by atoms with Crippen molar-refractivity contribution in [3.63, 3.8) is 0 Å². The second-order valence-electron chi connectivity index (χ2n) is 4.11. The molecule has 1 atom stereocenters. The van der Waals surface area contributed by atoms with Gasteiger partial charge in [0.1, 0.15) is 5.82 Å². The summed E-state index contributed by atoms with van der Waals surface area (Å²) in [6.07, 6.45) is 2.76. The van der Waals surface area contributed by atoms with E-state index in [9.17, 15) is 9.18 Å². The molecule has 0 aliphatic rings. The minimum atomic E-state index is -0.365. The smallest absolute Gasteiger partial charge is 0.236 e. The lowest BCUT2D eigenvalue weighted by Gasteiger charge is -2.20.